The van der Waals surface area contributed by atoms with Crippen molar-refractivity contribution in [3.05, 3.63) is 41.7 Å². The van der Waals surface area contributed by atoms with Crippen LogP contribution >= 0.6 is 11.6 Å². The maximum Gasteiger partial charge on any atom is 0.252 e. The van der Waals surface area contributed by atoms with Crippen molar-refractivity contribution < 1.29 is 9.53 Å². The van der Waals surface area contributed by atoms with Gasteiger partial charge in [0.1, 0.15) is 11.3 Å². The lowest BCUT2D eigenvalue weighted by Gasteiger charge is -2.36. The summed E-state index contributed by atoms with van der Waals surface area (Å²) in [5.41, 5.74) is -0.0369. The molecule has 2 aromatic rings. The molecule has 0 saturated carbocycles. The van der Waals surface area contributed by atoms with E-state index in [0.29, 0.717) is 29.3 Å². The van der Waals surface area contributed by atoms with E-state index in [4.69, 9.17) is 16.3 Å². The van der Waals surface area contributed by atoms with Crippen molar-refractivity contribution in [2.75, 3.05) is 18.4 Å². The smallest absolute Gasteiger partial charge is 0.252 e. The molecule has 134 valence electrons. The average molecular weight is 363 g/mol. The summed E-state index contributed by atoms with van der Waals surface area (Å²) in [5, 5.41) is 11.1. The average Bonchev–Trinajstić information content (AvgIpc) is 3.12. The summed E-state index contributed by atoms with van der Waals surface area (Å²) < 4.78 is 7.40. The maximum atomic E-state index is 13.1. The molecule has 1 aromatic heterocycles. The number of rotatable bonds is 5. The monoisotopic (exact) mass is 362 g/mol. The van der Waals surface area contributed by atoms with Gasteiger partial charge in [0.15, 0.2) is 0 Å². The van der Waals surface area contributed by atoms with Crippen LogP contribution < -0.4 is 15.4 Å². The SMILES string of the molecule is CC(C)Oc1ccc(NC(=O)C2(n3cccn3)CCNCC2)cc1Cl. The van der Waals surface area contributed by atoms with Crippen LogP contribution in [0.2, 0.25) is 5.02 Å². The molecule has 1 amide bonds. The molecule has 0 atom stereocenters. The molecule has 2 N–H and O–H groups in total. The van der Waals surface area contributed by atoms with Crippen LogP contribution in [-0.4, -0.2) is 34.9 Å². The minimum atomic E-state index is -0.686. The molecule has 1 saturated heterocycles. The van der Waals surface area contributed by atoms with Gasteiger partial charge in [0.25, 0.3) is 5.91 Å². The van der Waals surface area contributed by atoms with E-state index < -0.39 is 5.54 Å². The zero-order valence-corrected chi connectivity index (χ0v) is 15.2. The summed E-state index contributed by atoms with van der Waals surface area (Å²) in [7, 11) is 0. The van der Waals surface area contributed by atoms with Gasteiger partial charge in [-0.15, -0.1) is 0 Å². The fraction of sp³-hybridized carbons (Fsp3) is 0.444. The van der Waals surface area contributed by atoms with Crippen LogP contribution in [0.1, 0.15) is 26.7 Å². The Hall–Kier alpha value is -2.05. The highest BCUT2D eigenvalue weighted by Gasteiger charge is 2.42. The molecule has 3 rings (SSSR count). The summed E-state index contributed by atoms with van der Waals surface area (Å²) in [5.74, 6) is 0.532. The number of nitrogens with one attached hydrogen (secondary N) is 2. The van der Waals surface area contributed by atoms with Crippen LogP contribution in [0.15, 0.2) is 36.7 Å². The molecule has 6 nitrogen and oxygen atoms in total. The van der Waals surface area contributed by atoms with Gasteiger partial charge in [-0.25, -0.2) is 0 Å². The number of anilines is 1. The van der Waals surface area contributed by atoms with Crippen LogP contribution in [0, 0.1) is 0 Å². The molecular formula is C18H23ClN4O2. The van der Waals surface area contributed by atoms with E-state index in [1.165, 1.54) is 0 Å². The Morgan fingerprint density at radius 1 is 1.40 bits per heavy atom. The Labute approximate surface area is 152 Å². The third-order valence-electron chi connectivity index (χ3n) is 4.35. The molecule has 0 unspecified atom stereocenters. The van der Waals surface area contributed by atoms with Crippen LogP contribution in [0.25, 0.3) is 0 Å². The number of ether oxygens (including phenoxy) is 1. The fourth-order valence-corrected chi connectivity index (χ4v) is 3.32. The standard InChI is InChI=1S/C18H23ClN4O2/c1-13(2)25-16-5-4-14(12-15(16)19)22-17(24)18(6-9-20-10-7-18)23-11-3-8-21-23/h3-5,8,11-13,20H,6-7,9-10H2,1-2H3,(H,22,24). The maximum absolute atomic E-state index is 13.1. The molecular weight excluding hydrogens is 340 g/mol. The Morgan fingerprint density at radius 2 is 2.16 bits per heavy atom. The van der Waals surface area contributed by atoms with E-state index >= 15 is 0 Å². The number of halogens is 1. The number of benzene rings is 1. The van der Waals surface area contributed by atoms with Gasteiger partial charge in [-0.05, 0) is 64.0 Å². The summed E-state index contributed by atoms with van der Waals surface area (Å²) in [6.07, 6.45) is 4.95. The quantitative estimate of drug-likeness (QED) is 0.857. The second-order valence-corrected chi connectivity index (χ2v) is 6.91. The second kappa shape index (κ2) is 7.45. The summed E-state index contributed by atoms with van der Waals surface area (Å²) >= 11 is 6.27. The van der Waals surface area contributed by atoms with Crippen molar-refractivity contribution in [1.82, 2.24) is 15.1 Å². The van der Waals surface area contributed by atoms with Crippen LogP contribution in [0.3, 0.4) is 0 Å². The van der Waals surface area contributed by atoms with E-state index in [1.54, 1.807) is 29.1 Å². The van der Waals surface area contributed by atoms with Crippen molar-refractivity contribution in [3.8, 4) is 5.75 Å². The molecule has 1 aliphatic heterocycles. The largest absolute Gasteiger partial charge is 0.489 e. The predicted molar refractivity (Wildman–Crippen MR) is 98.2 cm³/mol. The van der Waals surface area contributed by atoms with Gasteiger partial charge in [-0.2, -0.15) is 5.10 Å². The zero-order chi connectivity index (χ0) is 17.9. The van der Waals surface area contributed by atoms with Gasteiger partial charge >= 0.3 is 0 Å². The van der Waals surface area contributed by atoms with E-state index in [-0.39, 0.29) is 12.0 Å². The van der Waals surface area contributed by atoms with E-state index in [0.717, 1.165) is 13.1 Å². The molecule has 7 heteroatoms. The van der Waals surface area contributed by atoms with Gasteiger partial charge < -0.3 is 15.4 Å². The van der Waals surface area contributed by atoms with Crippen LogP contribution in [0.5, 0.6) is 5.75 Å². The number of amides is 1. The topological polar surface area (TPSA) is 68.2 Å². The summed E-state index contributed by atoms with van der Waals surface area (Å²) in [6.45, 7) is 5.43. The number of nitrogens with zero attached hydrogens (tertiary/aromatic N) is 2. The number of carbonyl (C=O) groups is 1. The highest BCUT2D eigenvalue weighted by molar-refractivity contribution is 6.32. The zero-order valence-electron chi connectivity index (χ0n) is 14.5. The first-order chi connectivity index (χ1) is 12.0. The first kappa shape index (κ1) is 17.8. The Morgan fingerprint density at radius 3 is 2.76 bits per heavy atom. The van der Waals surface area contributed by atoms with Crippen LogP contribution in [-0.2, 0) is 10.3 Å². The summed E-state index contributed by atoms with van der Waals surface area (Å²) in [6, 6.07) is 7.14. The second-order valence-electron chi connectivity index (χ2n) is 6.50. The Balaban J connectivity index is 1.81. The highest BCUT2D eigenvalue weighted by Crippen LogP contribution is 2.31. The minimum Gasteiger partial charge on any atom is -0.489 e. The van der Waals surface area contributed by atoms with Crippen molar-refractivity contribution >= 4 is 23.2 Å². The molecule has 25 heavy (non-hydrogen) atoms. The fourth-order valence-electron chi connectivity index (χ4n) is 3.10. The third-order valence-corrected chi connectivity index (χ3v) is 4.64. The lowest BCUT2D eigenvalue weighted by atomic mass is 9.87. The predicted octanol–water partition coefficient (Wildman–Crippen LogP) is 3.04. The molecule has 1 fully saturated rings. The molecule has 0 spiro atoms. The van der Waals surface area contributed by atoms with E-state index in [9.17, 15) is 4.79 Å². The molecule has 1 aliphatic rings. The number of piperidine rings is 1. The highest BCUT2D eigenvalue weighted by atomic mass is 35.5. The summed E-state index contributed by atoms with van der Waals surface area (Å²) in [4.78, 5) is 13.1. The number of hydrogen-bond donors (Lipinski definition) is 2. The van der Waals surface area contributed by atoms with Gasteiger partial charge in [0, 0.05) is 18.1 Å². The third kappa shape index (κ3) is 3.80. The minimum absolute atomic E-state index is 0.0377. The van der Waals surface area contributed by atoms with E-state index in [1.807, 2.05) is 26.1 Å². The lowest BCUT2D eigenvalue weighted by Crippen LogP contribution is -2.52. The van der Waals surface area contributed by atoms with Gasteiger partial charge in [0.2, 0.25) is 0 Å². The molecule has 0 radical (unpaired) electrons. The number of aromatic nitrogens is 2. The first-order valence-electron chi connectivity index (χ1n) is 8.50. The van der Waals surface area contributed by atoms with Crippen molar-refractivity contribution in [1.29, 1.82) is 0 Å². The lowest BCUT2D eigenvalue weighted by molar-refractivity contribution is -0.126. The van der Waals surface area contributed by atoms with Gasteiger partial charge in [0.05, 0.1) is 11.1 Å². The molecule has 1 aromatic carbocycles. The number of carbonyl (C=O) groups excluding carboxylic acids is 1. The van der Waals surface area contributed by atoms with Crippen LogP contribution in [0.4, 0.5) is 5.69 Å². The van der Waals surface area contributed by atoms with Gasteiger partial charge in [-0.1, -0.05) is 11.6 Å². The van der Waals surface area contributed by atoms with Gasteiger partial charge in [-0.3, -0.25) is 9.48 Å². The van der Waals surface area contributed by atoms with Crippen molar-refractivity contribution in [3.63, 3.8) is 0 Å². The number of hydrogen-bond acceptors (Lipinski definition) is 4. The van der Waals surface area contributed by atoms with Crippen molar-refractivity contribution in [2.24, 2.45) is 0 Å². The normalized spacial score (nSPS) is 16.6. The molecule has 2 heterocycles. The molecule has 0 aliphatic carbocycles. The Kier molecular flexibility index (Phi) is 5.30. The Bertz CT molecular complexity index is 725. The molecule has 0 bridgehead atoms. The van der Waals surface area contributed by atoms with Crippen molar-refractivity contribution in [2.45, 2.75) is 38.3 Å². The first-order valence-corrected chi connectivity index (χ1v) is 8.87. The van der Waals surface area contributed by atoms with E-state index in [2.05, 4.69) is 15.7 Å².